The summed E-state index contributed by atoms with van der Waals surface area (Å²) in [5.74, 6) is 0.481. The Morgan fingerprint density at radius 3 is 2.47 bits per heavy atom. The van der Waals surface area contributed by atoms with Crippen molar-refractivity contribution in [2.75, 3.05) is 13.1 Å². The van der Waals surface area contributed by atoms with Gasteiger partial charge in [-0.05, 0) is 25.2 Å². The molecule has 0 aromatic heterocycles. The molecule has 0 unspecified atom stereocenters. The predicted molar refractivity (Wildman–Crippen MR) is 59.3 cm³/mol. The molecule has 1 amide bonds. The van der Waals surface area contributed by atoms with Crippen LogP contribution in [-0.4, -0.2) is 41.1 Å². The average molecular weight is 214 g/mol. The van der Waals surface area contributed by atoms with Crippen molar-refractivity contribution in [3.05, 3.63) is 0 Å². The van der Waals surface area contributed by atoms with Crippen molar-refractivity contribution >= 4 is 5.91 Å². The molecule has 0 saturated carbocycles. The number of aliphatic hydroxyl groups is 1. The SMILES string of the molecule is CC(C)C[C@@H](N)C(=O)N1CCC(O)CC1. The van der Waals surface area contributed by atoms with Gasteiger partial charge in [0.2, 0.25) is 5.91 Å². The molecule has 1 heterocycles. The number of piperidine rings is 1. The Hall–Kier alpha value is -0.610. The van der Waals surface area contributed by atoms with Crippen molar-refractivity contribution in [1.82, 2.24) is 4.90 Å². The quantitative estimate of drug-likeness (QED) is 0.712. The molecule has 0 aromatic rings. The number of nitrogens with two attached hydrogens (primary N) is 1. The summed E-state index contributed by atoms with van der Waals surface area (Å²) in [5, 5.41) is 9.32. The van der Waals surface area contributed by atoms with Gasteiger partial charge < -0.3 is 15.7 Å². The normalized spacial score (nSPS) is 20.7. The third-order valence-electron chi connectivity index (χ3n) is 2.82. The van der Waals surface area contributed by atoms with Crippen molar-refractivity contribution < 1.29 is 9.90 Å². The molecule has 1 aliphatic rings. The van der Waals surface area contributed by atoms with Gasteiger partial charge in [-0.25, -0.2) is 0 Å². The fraction of sp³-hybridized carbons (Fsp3) is 0.909. The van der Waals surface area contributed by atoms with E-state index in [2.05, 4.69) is 13.8 Å². The molecule has 88 valence electrons. The Bertz CT molecular complexity index is 211. The number of hydrogen-bond acceptors (Lipinski definition) is 3. The van der Waals surface area contributed by atoms with Crippen molar-refractivity contribution in [1.29, 1.82) is 0 Å². The Morgan fingerprint density at radius 1 is 1.47 bits per heavy atom. The van der Waals surface area contributed by atoms with Crippen LogP contribution in [0.1, 0.15) is 33.1 Å². The van der Waals surface area contributed by atoms with Crippen LogP contribution in [0.15, 0.2) is 0 Å². The highest BCUT2D eigenvalue weighted by Crippen LogP contribution is 2.13. The fourth-order valence-electron chi connectivity index (χ4n) is 1.93. The molecule has 0 bridgehead atoms. The van der Waals surface area contributed by atoms with Crippen molar-refractivity contribution in [2.24, 2.45) is 11.7 Å². The third-order valence-corrected chi connectivity index (χ3v) is 2.82. The van der Waals surface area contributed by atoms with Gasteiger partial charge in [-0.2, -0.15) is 0 Å². The highest BCUT2D eigenvalue weighted by molar-refractivity contribution is 5.81. The van der Waals surface area contributed by atoms with Crippen LogP contribution in [-0.2, 0) is 4.79 Å². The van der Waals surface area contributed by atoms with Crippen LogP contribution < -0.4 is 5.73 Å². The number of aliphatic hydroxyl groups excluding tert-OH is 1. The van der Waals surface area contributed by atoms with Gasteiger partial charge in [0, 0.05) is 13.1 Å². The Morgan fingerprint density at radius 2 is 2.00 bits per heavy atom. The number of hydrogen-bond donors (Lipinski definition) is 2. The minimum atomic E-state index is -0.375. The van der Waals surface area contributed by atoms with E-state index in [1.165, 1.54) is 0 Å². The Labute approximate surface area is 91.4 Å². The van der Waals surface area contributed by atoms with Crippen molar-refractivity contribution in [3.8, 4) is 0 Å². The van der Waals surface area contributed by atoms with Crippen molar-refractivity contribution in [3.63, 3.8) is 0 Å². The number of nitrogens with zero attached hydrogens (tertiary/aromatic N) is 1. The van der Waals surface area contributed by atoms with Gasteiger partial charge >= 0.3 is 0 Å². The second kappa shape index (κ2) is 5.47. The third kappa shape index (κ3) is 3.80. The maximum Gasteiger partial charge on any atom is 0.239 e. The van der Waals surface area contributed by atoms with Gasteiger partial charge in [0.05, 0.1) is 12.1 Å². The molecule has 3 N–H and O–H groups in total. The maximum absolute atomic E-state index is 11.9. The first-order chi connectivity index (χ1) is 7.00. The van der Waals surface area contributed by atoms with Gasteiger partial charge in [0.25, 0.3) is 0 Å². The summed E-state index contributed by atoms with van der Waals surface area (Å²) in [6, 6.07) is -0.375. The highest BCUT2D eigenvalue weighted by atomic mass is 16.3. The van der Waals surface area contributed by atoms with E-state index >= 15 is 0 Å². The highest BCUT2D eigenvalue weighted by Gasteiger charge is 2.25. The summed E-state index contributed by atoms with van der Waals surface area (Å²) < 4.78 is 0. The maximum atomic E-state index is 11.9. The molecular formula is C11H22N2O2. The summed E-state index contributed by atoms with van der Waals surface area (Å²) in [6.07, 6.45) is 1.86. The molecule has 0 aliphatic carbocycles. The van der Waals surface area contributed by atoms with E-state index in [1.54, 1.807) is 4.90 Å². The molecule has 15 heavy (non-hydrogen) atoms. The smallest absolute Gasteiger partial charge is 0.239 e. The number of likely N-dealkylation sites (tertiary alicyclic amines) is 1. The second-order valence-electron chi connectivity index (χ2n) is 4.79. The van der Waals surface area contributed by atoms with Crippen LogP contribution in [0, 0.1) is 5.92 Å². The van der Waals surface area contributed by atoms with Crippen LogP contribution >= 0.6 is 0 Å². The van der Waals surface area contributed by atoms with E-state index in [-0.39, 0.29) is 18.1 Å². The average Bonchev–Trinajstić information content (AvgIpc) is 2.17. The zero-order chi connectivity index (χ0) is 11.4. The van der Waals surface area contributed by atoms with Gasteiger partial charge in [-0.1, -0.05) is 13.8 Å². The summed E-state index contributed by atoms with van der Waals surface area (Å²) in [6.45, 7) is 5.41. The van der Waals surface area contributed by atoms with E-state index in [4.69, 9.17) is 5.73 Å². The predicted octanol–water partition coefficient (Wildman–Crippen LogP) is 0.343. The van der Waals surface area contributed by atoms with Crippen LogP contribution in [0.3, 0.4) is 0 Å². The topological polar surface area (TPSA) is 66.6 Å². The van der Waals surface area contributed by atoms with E-state index in [0.717, 1.165) is 6.42 Å². The van der Waals surface area contributed by atoms with Crippen LogP contribution in [0.2, 0.25) is 0 Å². The molecule has 1 saturated heterocycles. The monoisotopic (exact) mass is 214 g/mol. The van der Waals surface area contributed by atoms with E-state index < -0.39 is 0 Å². The summed E-state index contributed by atoms with van der Waals surface area (Å²) in [4.78, 5) is 13.6. The lowest BCUT2D eigenvalue weighted by atomic mass is 10.0. The van der Waals surface area contributed by atoms with Gasteiger partial charge in [-0.15, -0.1) is 0 Å². The molecule has 4 heteroatoms. The minimum Gasteiger partial charge on any atom is -0.393 e. The first-order valence-corrected chi connectivity index (χ1v) is 5.73. The number of carbonyl (C=O) groups excluding carboxylic acids is 1. The zero-order valence-corrected chi connectivity index (χ0v) is 9.65. The van der Waals surface area contributed by atoms with Crippen molar-refractivity contribution in [2.45, 2.75) is 45.3 Å². The van der Waals surface area contributed by atoms with Gasteiger partial charge in [0.15, 0.2) is 0 Å². The second-order valence-corrected chi connectivity index (χ2v) is 4.79. The summed E-state index contributed by atoms with van der Waals surface area (Å²) in [5.41, 5.74) is 5.83. The van der Waals surface area contributed by atoms with E-state index in [0.29, 0.717) is 31.8 Å². The summed E-state index contributed by atoms with van der Waals surface area (Å²) >= 11 is 0. The van der Waals surface area contributed by atoms with Gasteiger partial charge in [0.1, 0.15) is 0 Å². The molecular weight excluding hydrogens is 192 g/mol. The molecule has 1 aliphatic heterocycles. The number of rotatable bonds is 3. The largest absolute Gasteiger partial charge is 0.393 e. The van der Waals surface area contributed by atoms with Crippen LogP contribution in [0.5, 0.6) is 0 Å². The molecule has 1 rings (SSSR count). The number of carbonyl (C=O) groups is 1. The minimum absolute atomic E-state index is 0.0376. The lowest BCUT2D eigenvalue weighted by molar-refractivity contribution is -0.134. The summed E-state index contributed by atoms with van der Waals surface area (Å²) in [7, 11) is 0. The molecule has 0 radical (unpaired) electrons. The fourth-order valence-corrected chi connectivity index (χ4v) is 1.93. The molecule has 1 fully saturated rings. The number of amides is 1. The molecule has 4 nitrogen and oxygen atoms in total. The molecule has 0 aromatic carbocycles. The standard InChI is InChI=1S/C11H22N2O2/c1-8(2)7-10(12)11(15)13-5-3-9(14)4-6-13/h8-10,14H,3-7,12H2,1-2H3/t10-/m1/s1. The van der Waals surface area contributed by atoms with Crippen LogP contribution in [0.4, 0.5) is 0 Å². The first-order valence-electron chi connectivity index (χ1n) is 5.73. The molecule has 1 atom stereocenters. The zero-order valence-electron chi connectivity index (χ0n) is 9.65. The lowest BCUT2D eigenvalue weighted by Crippen LogP contribution is -2.48. The Balaban J connectivity index is 2.39. The van der Waals surface area contributed by atoms with E-state index in [9.17, 15) is 9.90 Å². The first kappa shape index (κ1) is 12.5. The van der Waals surface area contributed by atoms with E-state index in [1.807, 2.05) is 0 Å². The van der Waals surface area contributed by atoms with Gasteiger partial charge in [-0.3, -0.25) is 4.79 Å². The lowest BCUT2D eigenvalue weighted by Gasteiger charge is -2.31. The van der Waals surface area contributed by atoms with Crippen LogP contribution in [0.25, 0.3) is 0 Å². The Kier molecular flexibility index (Phi) is 4.54. The molecule has 0 spiro atoms.